The first-order chi connectivity index (χ1) is 12.3. The lowest BCUT2D eigenvalue weighted by atomic mass is 9.96. The van der Waals surface area contributed by atoms with E-state index in [1.165, 1.54) is 4.90 Å². The third-order valence-corrected chi connectivity index (χ3v) is 4.55. The number of benzene rings is 1. The predicted molar refractivity (Wildman–Crippen MR) is 95.5 cm³/mol. The van der Waals surface area contributed by atoms with Crippen molar-refractivity contribution in [2.75, 3.05) is 6.54 Å². The number of nitrogens with zero attached hydrogens (tertiary/aromatic N) is 1. The van der Waals surface area contributed by atoms with Gasteiger partial charge >= 0.3 is 5.97 Å². The van der Waals surface area contributed by atoms with Crippen LogP contribution in [0.5, 0.6) is 0 Å². The lowest BCUT2D eigenvalue weighted by Gasteiger charge is -2.41. The zero-order valence-corrected chi connectivity index (χ0v) is 14.7. The number of amidine groups is 1. The topological polar surface area (TPSA) is 137 Å². The average Bonchev–Trinajstić information content (AvgIpc) is 2.57. The van der Waals surface area contributed by atoms with Crippen LogP contribution in [0.4, 0.5) is 0 Å². The summed E-state index contributed by atoms with van der Waals surface area (Å²) in [5.41, 5.74) is 6.89. The first-order valence-corrected chi connectivity index (χ1v) is 8.53. The van der Waals surface area contributed by atoms with E-state index in [9.17, 15) is 14.4 Å². The van der Waals surface area contributed by atoms with Gasteiger partial charge in [-0.3, -0.25) is 19.8 Å². The van der Waals surface area contributed by atoms with E-state index in [4.69, 9.17) is 16.2 Å². The fourth-order valence-corrected chi connectivity index (χ4v) is 2.78. The summed E-state index contributed by atoms with van der Waals surface area (Å²) in [5.74, 6) is -1.76. The van der Waals surface area contributed by atoms with Crippen LogP contribution in [0.15, 0.2) is 24.3 Å². The molecule has 5 N–H and O–H groups in total. The molecule has 8 nitrogen and oxygen atoms in total. The molecule has 1 heterocycles. The van der Waals surface area contributed by atoms with Crippen molar-refractivity contribution < 1.29 is 19.5 Å². The van der Waals surface area contributed by atoms with Crippen LogP contribution in [0.1, 0.15) is 37.3 Å². The number of nitrogen functional groups attached to an aromatic ring is 1. The van der Waals surface area contributed by atoms with Crippen LogP contribution in [-0.4, -0.2) is 46.2 Å². The lowest BCUT2D eigenvalue weighted by molar-refractivity contribution is -0.150. The van der Waals surface area contributed by atoms with Gasteiger partial charge in [0.15, 0.2) is 0 Å². The van der Waals surface area contributed by atoms with Crippen molar-refractivity contribution in [3.63, 3.8) is 0 Å². The van der Waals surface area contributed by atoms with E-state index in [-0.39, 0.29) is 30.5 Å². The summed E-state index contributed by atoms with van der Waals surface area (Å²) in [5, 5.41) is 18.9. The van der Waals surface area contributed by atoms with Crippen molar-refractivity contribution in [2.24, 2.45) is 11.7 Å². The normalized spacial score (nSPS) is 17.1. The standard InChI is InChI=1S/C18H24N4O4/c1-11(2-7-15(23)24)18(26)22-9-8-14(22)17(25)21-10-12-3-5-13(6-4-12)16(19)20/h3-6,11,14H,2,7-10H2,1H3,(H3,19,20)(H,21,25)(H,23,24)/t11-,14-/m0/s1. The number of carboxylic acid groups (broad SMARTS) is 1. The van der Waals surface area contributed by atoms with Crippen LogP contribution in [0, 0.1) is 11.3 Å². The van der Waals surface area contributed by atoms with Crippen LogP contribution in [-0.2, 0) is 20.9 Å². The molecule has 140 valence electrons. The molecule has 0 spiro atoms. The summed E-state index contributed by atoms with van der Waals surface area (Å²) < 4.78 is 0. The average molecular weight is 360 g/mol. The van der Waals surface area contributed by atoms with E-state index in [0.29, 0.717) is 25.1 Å². The Hall–Kier alpha value is -2.90. The zero-order chi connectivity index (χ0) is 19.3. The minimum atomic E-state index is -0.932. The number of carbonyl (C=O) groups excluding carboxylic acids is 2. The van der Waals surface area contributed by atoms with Gasteiger partial charge < -0.3 is 21.1 Å². The van der Waals surface area contributed by atoms with Crippen molar-refractivity contribution in [2.45, 2.75) is 38.8 Å². The Morgan fingerprint density at radius 1 is 1.35 bits per heavy atom. The molecule has 2 rings (SSSR count). The number of carboxylic acids is 1. The Bertz CT molecular complexity index is 702. The highest BCUT2D eigenvalue weighted by atomic mass is 16.4. The van der Waals surface area contributed by atoms with Gasteiger partial charge in [-0.1, -0.05) is 31.2 Å². The van der Waals surface area contributed by atoms with E-state index in [2.05, 4.69) is 5.32 Å². The fraction of sp³-hybridized carbons (Fsp3) is 0.444. The van der Waals surface area contributed by atoms with Gasteiger partial charge in [-0.15, -0.1) is 0 Å². The second-order valence-electron chi connectivity index (χ2n) is 6.50. The van der Waals surface area contributed by atoms with Gasteiger partial charge in [-0.2, -0.15) is 0 Å². The largest absolute Gasteiger partial charge is 0.481 e. The second kappa shape index (κ2) is 8.46. The predicted octanol–water partition coefficient (Wildman–Crippen LogP) is 0.689. The highest BCUT2D eigenvalue weighted by Gasteiger charge is 2.38. The van der Waals surface area contributed by atoms with Gasteiger partial charge in [-0.05, 0) is 18.4 Å². The Morgan fingerprint density at radius 3 is 2.50 bits per heavy atom. The Balaban J connectivity index is 1.84. The summed E-state index contributed by atoms with van der Waals surface area (Å²) in [7, 11) is 0. The first-order valence-electron chi connectivity index (χ1n) is 8.53. The smallest absolute Gasteiger partial charge is 0.303 e. The monoisotopic (exact) mass is 360 g/mol. The molecule has 1 aromatic rings. The number of nitrogens with one attached hydrogen (secondary N) is 2. The number of nitrogens with two attached hydrogens (primary N) is 1. The highest BCUT2D eigenvalue weighted by Crippen LogP contribution is 2.22. The Labute approximate surface area is 151 Å². The maximum absolute atomic E-state index is 12.3. The van der Waals surface area contributed by atoms with Crippen LogP contribution in [0.25, 0.3) is 0 Å². The molecular formula is C18H24N4O4. The van der Waals surface area contributed by atoms with Crippen molar-refractivity contribution >= 4 is 23.6 Å². The number of rotatable bonds is 8. The minimum Gasteiger partial charge on any atom is -0.481 e. The highest BCUT2D eigenvalue weighted by molar-refractivity contribution is 5.95. The second-order valence-corrected chi connectivity index (χ2v) is 6.50. The molecule has 1 fully saturated rings. The minimum absolute atomic E-state index is 0.0128. The quantitative estimate of drug-likeness (QED) is 0.399. The van der Waals surface area contributed by atoms with E-state index in [0.717, 1.165) is 5.56 Å². The first kappa shape index (κ1) is 19.4. The van der Waals surface area contributed by atoms with Crippen molar-refractivity contribution in [3.05, 3.63) is 35.4 Å². The van der Waals surface area contributed by atoms with E-state index in [1.54, 1.807) is 31.2 Å². The van der Waals surface area contributed by atoms with E-state index < -0.39 is 17.9 Å². The molecule has 1 aliphatic rings. The molecule has 8 heteroatoms. The molecule has 0 saturated carbocycles. The Kier molecular flexibility index (Phi) is 6.32. The molecule has 2 atom stereocenters. The number of likely N-dealkylation sites (tertiary alicyclic amines) is 1. The maximum atomic E-state index is 12.3. The molecule has 1 saturated heterocycles. The van der Waals surface area contributed by atoms with Gasteiger partial charge in [0.05, 0.1) is 0 Å². The third kappa shape index (κ3) is 4.81. The molecule has 2 amide bonds. The number of aliphatic carboxylic acids is 1. The summed E-state index contributed by atoms with van der Waals surface area (Å²) in [6, 6.07) is 6.51. The van der Waals surface area contributed by atoms with Crippen LogP contribution >= 0.6 is 0 Å². The van der Waals surface area contributed by atoms with Crippen molar-refractivity contribution in [3.8, 4) is 0 Å². The number of hydrogen-bond donors (Lipinski definition) is 4. The molecule has 0 aliphatic carbocycles. The number of carbonyl (C=O) groups is 3. The number of amides is 2. The summed E-state index contributed by atoms with van der Waals surface area (Å²) in [6.45, 7) is 2.53. The number of hydrogen-bond acceptors (Lipinski definition) is 4. The van der Waals surface area contributed by atoms with Gasteiger partial charge in [0, 0.05) is 31.0 Å². The fourth-order valence-electron chi connectivity index (χ4n) is 2.78. The van der Waals surface area contributed by atoms with Gasteiger partial charge in [-0.25, -0.2) is 0 Å². The van der Waals surface area contributed by atoms with Crippen LogP contribution < -0.4 is 11.1 Å². The van der Waals surface area contributed by atoms with E-state index >= 15 is 0 Å². The molecule has 1 aliphatic heterocycles. The summed E-state index contributed by atoms with van der Waals surface area (Å²) in [4.78, 5) is 36.8. The summed E-state index contributed by atoms with van der Waals surface area (Å²) in [6.07, 6.45) is 0.807. The lowest BCUT2D eigenvalue weighted by Crippen LogP contribution is -2.59. The molecule has 0 bridgehead atoms. The SMILES string of the molecule is C[C@@H](CCC(=O)O)C(=O)N1CC[C@H]1C(=O)NCc1ccc(C(=N)N)cc1. The zero-order valence-electron chi connectivity index (χ0n) is 14.7. The maximum Gasteiger partial charge on any atom is 0.303 e. The van der Waals surface area contributed by atoms with E-state index in [1.807, 2.05) is 0 Å². The van der Waals surface area contributed by atoms with Gasteiger partial charge in [0.25, 0.3) is 0 Å². The molecular weight excluding hydrogens is 336 g/mol. The molecule has 0 radical (unpaired) electrons. The molecule has 26 heavy (non-hydrogen) atoms. The molecule has 1 aromatic carbocycles. The van der Waals surface area contributed by atoms with Crippen LogP contribution in [0.3, 0.4) is 0 Å². The Morgan fingerprint density at radius 2 is 2.00 bits per heavy atom. The molecule has 0 aromatic heterocycles. The summed E-state index contributed by atoms with van der Waals surface area (Å²) >= 11 is 0. The third-order valence-electron chi connectivity index (χ3n) is 4.55. The van der Waals surface area contributed by atoms with Crippen LogP contribution in [0.2, 0.25) is 0 Å². The van der Waals surface area contributed by atoms with Gasteiger partial charge in [0.1, 0.15) is 11.9 Å². The van der Waals surface area contributed by atoms with Gasteiger partial charge in [0.2, 0.25) is 11.8 Å². The van der Waals surface area contributed by atoms with Crippen molar-refractivity contribution in [1.29, 1.82) is 5.41 Å². The van der Waals surface area contributed by atoms with Crippen molar-refractivity contribution in [1.82, 2.24) is 10.2 Å². The molecule has 0 unspecified atom stereocenters.